The number of hydrogen-bond donors (Lipinski definition) is 4. The topological polar surface area (TPSA) is 133 Å². The Kier molecular flexibility index (Phi) is 5.99. The van der Waals surface area contributed by atoms with E-state index in [1.807, 2.05) is 0 Å². The zero-order chi connectivity index (χ0) is 20.8. The molecule has 3 aromatic rings. The maximum absolute atomic E-state index is 12.8. The minimum absolute atomic E-state index is 0.245. The molecule has 0 radical (unpaired) electrons. The lowest BCUT2D eigenvalue weighted by Crippen LogP contribution is -2.44. The molecule has 7 nitrogen and oxygen atoms in total. The van der Waals surface area contributed by atoms with Crippen molar-refractivity contribution >= 4 is 28.9 Å². The summed E-state index contributed by atoms with van der Waals surface area (Å²) in [6.45, 7) is 0. The van der Waals surface area contributed by atoms with Crippen molar-refractivity contribution in [1.29, 1.82) is 0 Å². The Morgan fingerprint density at radius 3 is 1.79 bits per heavy atom. The fourth-order valence-electron chi connectivity index (χ4n) is 2.68. The second kappa shape index (κ2) is 8.79. The predicted octanol–water partition coefficient (Wildman–Crippen LogP) is 2.38. The van der Waals surface area contributed by atoms with Crippen molar-refractivity contribution in [1.82, 2.24) is 5.32 Å². The first-order valence-corrected chi connectivity index (χ1v) is 8.99. The molecule has 148 valence electrons. The summed E-state index contributed by atoms with van der Waals surface area (Å²) in [5, 5.41) is 2.74. The first-order chi connectivity index (χ1) is 13.9. The molecular weight excluding hydrogens is 368 g/mol. The van der Waals surface area contributed by atoms with Crippen LogP contribution in [-0.4, -0.2) is 17.9 Å². The van der Waals surface area contributed by atoms with Gasteiger partial charge in [-0.1, -0.05) is 12.1 Å². The van der Waals surface area contributed by atoms with E-state index in [4.69, 9.17) is 21.9 Å². The van der Waals surface area contributed by atoms with Crippen LogP contribution in [0.2, 0.25) is 0 Å². The maximum atomic E-state index is 12.8. The molecule has 1 atom stereocenters. The maximum Gasteiger partial charge on any atom is 0.334 e. The highest BCUT2D eigenvalue weighted by molar-refractivity contribution is 5.97. The number of anilines is 3. The molecule has 0 aromatic heterocycles. The van der Waals surface area contributed by atoms with Crippen molar-refractivity contribution in [3.63, 3.8) is 0 Å². The first-order valence-electron chi connectivity index (χ1n) is 8.99. The lowest BCUT2D eigenvalue weighted by Gasteiger charge is -2.18. The number of nitrogens with one attached hydrogen (secondary N) is 1. The van der Waals surface area contributed by atoms with E-state index in [0.29, 0.717) is 28.4 Å². The molecule has 7 heteroatoms. The predicted molar refractivity (Wildman–Crippen MR) is 113 cm³/mol. The molecule has 3 rings (SSSR count). The molecule has 0 aliphatic carbocycles. The number of benzene rings is 3. The Morgan fingerprint density at radius 2 is 1.24 bits per heavy atom. The van der Waals surface area contributed by atoms with Gasteiger partial charge in [0.15, 0.2) is 0 Å². The molecule has 0 aliphatic rings. The van der Waals surface area contributed by atoms with Crippen molar-refractivity contribution in [2.75, 3.05) is 17.2 Å². The standard InChI is InChI=1S/C22H22N4O3/c23-16-5-1-14(2-6-16)13-20(22(28)29-19-11-9-18(25)10-12-19)26-21(27)15-3-7-17(24)8-4-15/h1-12,20H,13,23-25H2,(H,26,27). The zero-order valence-electron chi connectivity index (χ0n) is 15.7. The van der Waals surface area contributed by atoms with E-state index < -0.39 is 17.9 Å². The molecule has 3 aromatic carbocycles. The summed E-state index contributed by atoms with van der Waals surface area (Å²) in [6, 6.07) is 19.0. The summed E-state index contributed by atoms with van der Waals surface area (Å²) in [5.74, 6) is -0.650. The molecule has 0 fully saturated rings. The van der Waals surface area contributed by atoms with E-state index in [1.54, 1.807) is 72.8 Å². The van der Waals surface area contributed by atoms with Crippen LogP contribution >= 0.6 is 0 Å². The molecule has 0 saturated heterocycles. The van der Waals surface area contributed by atoms with Crippen LogP contribution in [0.3, 0.4) is 0 Å². The van der Waals surface area contributed by atoms with Gasteiger partial charge in [-0.15, -0.1) is 0 Å². The highest BCUT2D eigenvalue weighted by Crippen LogP contribution is 2.16. The van der Waals surface area contributed by atoms with Gasteiger partial charge in [0, 0.05) is 29.0 Å². The molecule has 0 heterocycles. The third kappa shape index (κ3) is 5.49. The minimum Gasteiger partial charge on any atom is -0.425 e. The molecule has 29 heavy (non-hydrogen) atoms. The number of rotatable bonds is 6. The Labute approximate surface area is 168 Å². The number of ether oxygens (including phenoxy) is 1. The SMILES string of the molecule is Nc1ccc(CC(NC(=O)c2ccc(N)cc2)C(=O)Oc2ccc(N)cc2)cc1. The van der Waals surface area contributed by atoms with Crippen LogP contribution in [0.4, 0.5) is 17.1 Å². The Balaban J connectivity index is 1.78. The van der Waals surface area contributed by atoms with E-state index in [-0.39, 0.29) is 6.42 Å². The second-order valence-corrected chi connectivity index (χ2v) is 6.58. The summed E-state index contributed by atoms with van der Waals surface area (Å²) in [4.78, 5) is 25.4. The number of nitrogen functional groups attached to an aromatic ring is 3. The number of carbonyl (C=O) groups excluding carboxylic acids is 2. The normalized spacial score (nSPS) is 11.4. The van der Waals surface area contributed by atoms with Crippen LogP contribution in [0.5, 0.6) is 5.75 Å². The fourth-order valence-corrected chi connectivity index (χ4v) is 2.68. The molecular formula is C22H22N4O3. The number of esters is 1. The van der Waals surface area contributed by atoms with E-state index in [1.165, 1.54) is 0 Å². The van der Waals surface area contributed by atoms with Crippen molar-refractivity contribution in [2.45, 2.75) is 12.5 Å². The molecule has 7 N–H and O–H groups in total. The van der Waals surface area contributed by atoms with Gasteiger partial charge in [-0.3, -0.25) is 4.79 Å². The van der Waals surface area contributed by atoms with E-state index in [0.717, 1.165) is 5.56 Å². The van der Waals surface area contributed by atoms with Crippen LogP contribution < -0.4 is 27.3 Å². The number of carbonyl (C=O) groups is 2. The average Bonchev–Trinajstić information content (AvgIpc) is 2.71. The first kappa shape index (κ1) is 19.8. The number of hydrogen-bond acceptors (Lipinski definition) is 6. The van der Waals surface area contributed by atoms with Gasteiger partial charge >= 0.3 is 5.97 Å². The third-order valence-electron chi connectivity index (χ3n) is 4.28. The largest absolute Gasteiger partial charge is 0.425 e. The second-order valence-electron chi connectivity index (χ2n) is 6.58. The van der Waals surface area contributed by atoms with Crippen molar-refractivity contribution < 1.29 is 14.3 Å². The summed E-state index contributed by atoms with van der Waals surface area (Å²) >= 11 is 0. The molecule has 0 saturated carbocycles. The highest BCUT2D eigenvalue weighted by Gasteiger charge is 2.24. The average molecular weight is 390 g/mol. The van der Waals surface area contributed by atoms with E-state index >= 15 is 0 Å². The summed E-state index contributed by atoms with van der Waals surface area (Å²) < 4.78 is 5.43. The Morgan fingerprint density at radius 1 is 0.759 bits per heavy atom. The van der Waals surface area contributed by atoms with Gasteiger partial charge in [0.2, 0.25) is 0 Å². The van der Waals surface area contributed by atoms with Crippen LogP contribution in [0, 0.1) is 0 Å². The third-order valence-corrected chi connectivity index (χ3v) is 4.28. The van der Waals surface area contributed by atoms with Crippen molar-refractivity contribution in [3.8, 4) is 5.75 Å². The lowest BCUT2D eigenvalue weighted by molar-refractivity contribution is -0.136. The number of amides is 1. The molecule has 0 aliphatic heterocycles. The van der Waals surface area contributed by atoms with Crippen molar-refractivity contribution in [2.24, 2.45) is 0 Å². The summed E-state index contributed by atoms with van der Waals surface area (Å²) in [7, 11) is 0. The van der Waals surface area contributed by atoms with E-state index in [2.05, 4.69) is 5.32 Å². The fraction of sp³-hybridized carbons (Fsp3) is 0.0909. The van der Waals surface area contributed by atoms with Gasteiger partial charge in [-0.2, -0.15) is 0 Å². The van der Waals surface area contributed by atoms with Gasteiger partial charge in [0.1, 0.15) is 11.8 Å². The van der Waals surface area contributed by atoms with Crippen LogP contribution in [0.1, 0.15) is 15.9 Å². The van der Waals surface area contributed by atoms with Gasteiger partial charge < -0.3 is 27.3 Å². The monoisotopic (exact) mass is 390 g/mol. The van der Waals surface area contributed by atoms with Gasteiger partial charge in [-0.05, 0) is 66.2 Å². The smallest absolute Gasteiger partial charge is 0.334 e. The highest BCUT2D eigenvalue weighted by atomic mass is 16.5. The Bertz CT molecular complexity index is 984. The molecule has 0 spiro atoms. The zero-order valence-corrected chi connectivity index (χ0v) is 15.7. The molecule has 1 unspecified atom stereocenters. The van der Waals surface area contributed by atoms with Crippen molar-refractivity contribution in [3.05, 3.63) is 83.9 Å². The van der Waals surface area contributed by atoms with Crippen LogP contribution in [-0.2, 0) is 11.2 Å². The van der Waals surface area contributed by atoms with Crippen LogP contribution in [0.15, 0.2) is 72.8 Å². The minimum atomic E-state index is -0.902. The van der Waals surface area contributed by atoms with Gasteiger partial charge in [0.05, 0.1) is 0 Å². The van der Waals surface area contributed by atoms with Crippen LogP contribution in [0.25, 0.3) is 0 Å². The number of nitrogens with two attached hydrogens (primary N) is 3. The Hall–Kier alpha value is -4.00. The van der Waals surface area contributed by atoms with Gasteiger partial charge in [0.25, 0.3) is 5.91 Å². The summed E-state index contributed by atoms with van der Waals surface area (Å²) in [5.41, 5.74) is 20.0. The quantitative estimate of drug-likeness (QED) is 0.290. The lowest BCUT2D eigenvalue weighted by atomic mass is 10.0. The molecule has 0 bridgehead atoms. The molecule has 1 amide bonds. The van der Waals surface area contributed by atoms with E-state index in [9.17, 15) is 9.59 Å². The summed E-state index contributed by atoms with van der Waals surface area (Å²) in [6.07, 6.45) is 0.245. The van der Waals surface area contributed by atoms with Gasteiger partial charge in [-0.25, -0.2) is 4.79 Å².